The second-order valence-electron chi connectivity index (χ2n) is 2.62. The molecule has 0 radical (unpaired) electrons. The lowest BCUT2D eigenvalue weighted by molar-refractivity contribution is -0.152. The van der Waals surface area contributed by atoms with Crippen molar-refractivity contribution in [3.05, 3.63) is 0 Å². The van der Waals surface area contributed by atoms with Crippen LogP contribution in [0.15, 0.2) is 0 Å². The van der Waals surface area contributed by atoms with Gasteiger partial charge in [0.1, 0.15) is 0 Å². The molecule has 0 aliphatic carbocycles. The number of nitriles is 1. The summed E-state index contributed by atoms with van der Waals surface area (Å²) in [5.41, 5.74) is -0.921. The van der Waals surface area contributed by atoms with Crippen LogP contribution >= 0.6 is 0 Å². The number of carbonyl (C=O) groups excluding carboxylic acids is 1. The molecule has 0 rings (SSSR count). The van der Waals surface area contributed by atoms with Crippen LogP contribution in [0, 0.1) is 16.7 Å². The van der Waals surface area contributed by atoms with Gasteiger partial charge in [0.2, 0.25) is 0 Å². The summed E-state index contributed by atoms with van der Waals surface area (Å²) in [6.45, 7) is 5.72. The number of ether oxygens (including phenoxy) is 1. The highest BCUT2D eigenvalue weighted by molar-refractivity contribution is 5.79. The molecule has 0 aromatic carbocycles. The van der Waals surface area contributed by atoms with Crippen LogP contribution in [0.5, 0.6) is 0 Å². The Morgan fingerprint density at radius 1 is 1.42 bits per heavy atom. The fourth-order valence-electron chi connectivity index (χ4n) is 1.01. The molecule has 0 atom stereocenters. The summed E-state index contributed by atoms with van der Waals surface area (Å²) in [5.74, 6) is -0.391. The van der Waals surface area contributed by atoms with Crippen LogP contribution in [0.1, 0.15) is 33.6 Å². The predicted octanol–water partition coefficient (Wildman–Crippen LogP) is 1.88. The molecule has 0 aromatic rings. The van der Waals surface area contributed by atoms with E-state index in [-0.39, 0.29) is 0 Å². The molecule has 0 aromatic heterocycles. The minimum Gasteiger partial charge on any atom is -0.465 e. The Hall–Kier alpha value is -1.04. The molecule has 0 spiro atoms. The van der Waals surface area contributed by atoms with Gasteiger partial charge in [0, 0.05) is 0 Å². The van der Waals surface area contributed by atoms with Crippen molar-refractivity contribution in [3.8, 4) is 6.07 Å². The summed E-state index contributed by atoms with van der Waals surface area (Å²) in [6, 6.07) is 2.02. The molecule has 3 heteroatoms. The molecule has 0 saturated heterocycles. The summed E-state index contributed by atoms with van der Waals surface area (Å²) in [5, 5.41) is 8.82. The van der Waals surface area contributed by atoms with E-state index in [1.54, 1.807) is 6.92 Å². The van der Waals surface area contributed by atoms with Crippen LogP contribution in [0.25, 0.3) is 0 Å². The van der Waals surface area contributed by atoms with Gasteiger partial charge in [0.05, 0.1) is 12.7 Å². The van der Waals surface area contributed by atoms with Gasteiger partial charge in [0.25, 0.3) is 0 Å². The van der Waals surface area contributed by atoms with Crippen molar-refractivity contribution in [1.82, 2.24) is 0 Å². The fourth-order valence-corrected chi connectivity index (χ4v) is 1.01. The topological polar surface area (TPSA) is 50.1 Å². The van der Waals surface area contributed by atoms with Gasteiger partial charge >= 0.3 is 5.97 Å². The molecule has 0 aliphatic heterocycles. The van der Waals surface area contributed by atoms with E-state index in [0.29, 0.717) is 19.4 Å². The van der Waals surface area contributed by atoms with Crippen molar-refractivity contribution in [2.24, 2.45) is 5.41 Å². The first-order chi connectivity index (χ1) is 5.66. The quantitative estimate of drug-likeness (QED) is 0.604. The van der Waals surface area contributed by atoms with Gasteiger partial charge in [-0.15, -0.1) is 0 Å². The van der Waals surface area contributed by atoms with Gasteiger partial charge in [-0.3, -0.25) is 4.79 Å². The zero-order valence-corrected chi connectivity index (χ0v) is 7.89. The van der Waals surface area contributed by atoms with E-state index in [4.69, 9.17) is 10.00 Å². The molecule has 12 heavy (non-hydrogen) atoms. The standard InChI is InChI=1S/C9H15NO2/c1-4-9(5-2,7-10)8(11)12-6-3/h4-6H2,1-3H3. The van der Waals surface area contributed by atoms with E-state index < -0.39 is 11.4 Å². The van der Waals surface area contributed by atoms with Crippen molar-refractivity contribution in [2.75, 3.05) is 6.61 Å². The lowest BCUT2D eigenvalue weighted by Crippen LogP contribution is -2.30. The van der Waals surface area contributed by atoms with E-state index in [1.165, 1.54) is 0 Å². The zero-order valence-electron chi connectivity index (χ0n) is 7.89. The number of carbonyl (C=O) groups is 1. The van der Waals surface area contributed by atoms with Gasteiger partial charge in [-0.25, -0.2) is 0 Å². The lowest BCUT2D eigenvalue weighted by atomic mass is 9.84. The summed E-state index contributed by atoms with van der Waals surface area (Å²) in [4.78, 5) is 11.3. The third kappa shape index (κ3) is 1.97. The predicted molar refractivity (Wildman–Crippen MR) is 45.3 cm³/mol. The smallest absolute Gasteiger partial charge is 0.326 e. The lowest BCUT2D eigenvalue weighted by Gasteiger charge is -2.20. The molecule has 0 aliphatic rings. The van der Waals surface area contributed by atoms with E-state index >= 15 is 0 Å². The molecule has 0 fully saturated rings. The molecule has 0 bridgehead atoms. The highest BCUT2D eigenvalue weighted by Gasteiger charge is 2.36. The summed E-state index contributed by atoms with van der Waals surface area (Å²) < 4.78 is 4.82. The first-order valence-electron chi connectivity index (χ1n) is 4.25. The summed E-state index contributed by atoms with van der Waals surface area (Å²) in [6.07, 6.45) is 1.03. The van der Waals surface area contributed by atoms with E-state index in [9.17, 15) is 4.79 Å². The van der Waals surface area contributed by atoms with Crippen LogP contribution in [0.3, 0.4) is 0 Å². The van der Waals surface area contributed by atoms with Crippen LogP contribution < -0.4 is 0 Å². The molecule has 68 valence electrons. The van der Waals surface area contributed by atoms with Gasteiger partial charge in [-0.05, 0) is 19.8 Å². The van der Waals surface area contributed by atoms with Gasteiger partial charge < -0.3 is 4.74 Å². The number of hydrogen-bond acceptors (Lipinski definition) is 3. The van der Waals surface area contributed by atoms with Gasteiger partial charge in [-0.1, -0.05) is 13.8 Å². The minimum atomic E-state index is -0.921. The van der Waals surface area contributed by atoms with Gasteiger partial charge in [-0.2, -0.15) is 5.26 Å². The molecule has 0 saturated carbocycles. The van der Waals surface area contributed by atoms with Crippen molar-refractivity contribution in [1.29, 1.82) is 5.26 Å². The Labute approximate surface area is 73.3 Å². The van der Waals surface area contributed by atoms with Gasteiger partial charge in [0.15, 0.2) is 5.41 Å². The highest BCUT2D eigenvalue weighted by Crippen LogP contribution is 2.26. The Balaban J connectivity index is 4.51. The van der Waals surface area contributed by atoms with Crippen molar-refractivity contribution < 1.29 is 9.53 Å². The van der Waals surface area contributed by atoms with Crippen LogP contribution in [-0.2, 0) is 9.53 Å². The SMILES string of the molecule is CCOC(=O)C(C#N)(CC)CC. The first-order valence-corrected chi connectivity index (χ1v) is 4.25. The maximum absolute atomic E-state index is 11.3. The maximum atomic E-state index is 11.3. The summed E-state index contributed by atoms with van der Waals surface area (Å²) in [7, 11) is 0. The monoisotopic (exact) mass is 169 g/mol. The van der Waals surface area contributed by atoms with Crippen molar-refractivity contribution >= 4 is 5.97 Å². The molecule has 0 unspecified atom stereocenters. The van der Waals surface area contributed by atoms with E-state index in [1.807, 2.05) is 19.9 Å². The van der Waals surface area contributed by atoms with Crippen molar-refractivity contribution in [2.45, 2.75) is 33.6 Å². The molecule has 0 heterocycles. The number of esters is 1. The minimum absolute atomic E-state index is 0.336. The molecule has 3 nitrogen and oxygen atoms in total. The van der Waals surface area contributed by atoms with E-state index in [2.05, 4.69) is 0 Å². The fraction of sp³-hybridized carbons (Fsp3) is 0.778. The van der Waals surface area contributed by atoms with Crippen LogP contribution in [0.4, 0.5) is 0 Å². The summed E-state index contributed by atoms with van der Waals surface area (Å²) >= 11 is 0. The number of hydrogen-bond donors (Lipinski definition) is 0. The van der Waals surface area contributed by atoms with E-state index in [0.717, 1.165) is 0 Å². The first kappa shape index (κ1) is 11.0. The molecule has 0 amide bonds. The second kappa shape index (κ2) is 4.76. The largest absolute Gasteiger partial charge is 0.465 e. The number of nitrogens with zero attached hydrogens (tertiary/aromatic N) is 1. The zero-order chi connectivity index (χ0) is 9.61. The molecule has 0 N–H and O–H groups in total. The maximum Gasteiger partial charge on any atom is 0.326 e. The van der Waals surface area contributed by atoms with Crippen LogP contribution in [-0.4, -0.2) is 12.6 Å². The third-order valence-corrected chi connectivity index (χ3v) is 2.09. The average molecular weight is 169 g/mol. The Bertz CT molecular complexity index is 189. The Kier molecular flexibility index (Phi) is 4.35. The third-order valence-electron chi connectivity index (χ3n) is 2.09. The van der Waals surface area contributed by atoms with Crippen LogP contribution in [0.2, 0.25) is 0 Å². The number of rotatable bonds is 4. The molecular formula is C9H15NO2. The Morgan fingerprint density at radius 2 is 1.92 bits per heavy atom. The Morgan fingerprint density at radius 3 is 2.17 bits per heavy atom. The van der Waals surface area contributed by atoms with Crippen molar-refractivity contribution in [3.63, 3.8) is 0 Å². The second-order valence-corrected chi connectivity index (χ2v) is 2.62. The average Bonchev–Trinajstić information content (AvgIpc) is 2.09. The highest BCUT2D eigenvalue weighted by atomic mass is 16.5. The normalized spacial score (nSPS) is 10.5. The molecular weight excluding hydrogens is 154 g/mol.